The van der Waals surface area contributed by atoms with Gasteiger partial charge in [0.15, 0.2) is 0 Å². The van der Waals surface area contributed by atoms with Gasteiger partial charge >= 0.3 is 0 Å². The van der Waals surface area contributed by atoms with Crippen LogP contribution in [-0.2, 0) is 0 Å². The van der Waals surface area contributed by atoms with Gasteiger partial charge < -0.3 is 4.90 Å². The Kier molecular flexibility index (Phi) is 3.20. The lowest BCUT2D eigenvalue weighted by molar-refractivity contribution is 0.886. The molecule has 0 aliphatic heterocycles. The van der Waals surface area contributed by atoms with Crippen LogP contribution in [0.5, 0.6) is 0 Å². The molecule has 2 aromatic rings. The number of aromatic nitrogens is 2. The molecule has 0 bridgehead atoms. The highest BCUT2D eigenvalue weighted by molar-refractivity contribution is 5.92. The van der Waals surface area contributed by atoms with E-state index in [9.17, 15) is 0 Å². The van der Waals surface area contributed by atoms with E-state index < -0.39 is 0 Å². The van der Waals surface area contributed by atoms with Gasteiger partial charge in [-0.15, -0.1) is 0 Å². The zero-order valence-electron chi connectivity index (χ0n) is 10.0. The average Bonchev–Trinajstić information content (AvgIpc) is 2.35. The van der Waals surface area contributed by atoms with Crippen LogP contribution in [0, 0.1) is 18.3 Å². The molecule has 0 saturated heterocycles. The summed E-state index contributed by atoms with van der Waals surface area (Å²) in [7, 11) is 1.95. The summed E-state index contributed by atoms with van der Waals surface area (Å²) in [5.74, 6) is 0.892. The molecule has 1 heterocycles. The van der Waals surface area contributed by atoms with Crippen molar-refractivity contribution in [3.8, 4) is 6.07 Å². The second-order valence-corrected chi connectivity index (χ2v) is 4.00. The summed E-state index contributed by atoms with van der Waals surface area (Å²) in [5.41, 5.74) is 2.10. The maximum atomic E-state index is 8.62. The van der Waals surface area contributed by atoms with Gasteiger partial charge in [-0.2, -0.15) is 5.26 Å². The second-order valence-electron chi connectivity index (χ2n) is 4.00. The van der Waals surface area contributed by atoms with Gasteiger partial charge in [-0.3, -0.25) is 0 Å². The molecule has 4 heteroatoms. The SMILES string of the molecule is Cc1cccc2ncnc(N(C)CCC#N)c12. The van der Waals surface area contributed by atoms with Crippen LogP contribution in [0.2, 0.25) is 0 Å². The van der Waals surface area contributed by atoms with E-state index in [1.807, 2.05) is 37.1 Å². The Hall–Kier alpha value is -2.15. The Morgan fingerprint density at radius 3 is 2.94 bits per heavy atom. The Balaban J connectivity index is 2.50. The molecule has 1 aromatic heterocycles. The number of anilines is 1. The average molecular weight is 226 g/mol. The standard InChI is InChI=1S/C13H14N4/c1-10-5-3-6-11-12(10)13(16-9-15-11)17(2)8-4-7-14/h3,5-6,9H,4,8H2,1-2H3. The van der Waals surface area contributed by atoms with Crippen molar-refractivity contribution in [3.05, 3.63) is 30.1 Å². The molecule has 0 spiro atoms. The molecule has 0 aliphatic rings. The molecule has 0 amide bonds. The zero-order valence-corrected chi connectivity index (χ0v) is 10.0. The molecule has 17 heavy (non-hydrogen) atoms. The molecule has 1 aromatic carbocycles. The normalized spacial score (nSPS) is 10.2. The van der Waals surface area contributed by atoms with Crippen LogP contribution < -0.4 is 4.90 Å². The fourth-order valence-corrected chi connectivity index (χ4v) is 1.87. The van der Waals surface area contributed by atoms with Crippen molar-refractivity contribution in [3.63, 3.8) is 0 Å². The predicted octanol–water partition coefficient (Wildman–Crippen LogP) is 2.29. The number of hydrogen-bond acceptors (Lipinski definition) is 4. The zero-order chi connectivity index (χ0) is 12.3. The summed E-state index contributed by atoms with van der Waals surface area (Å²) in [6, 6.07) is 8.16. The lowest BCUT2D eigenvalue weighted by atomic mass is 10.1. The van der Waals surface area contributed by atoms with E-state index >= 15 is 0 Å². The third kappa shape index (κ3) is 2.18. The summed E-state index contributed by atoms with van der Waals surface area (Å²) in [6.07, 6.45) is 2.06. The van der Waals surface area contributed by atoms with Gasteiger partial charge in [0.2, 0.25) is 0 Å². The third-order valence-corrected chi connectivity index (χ3v) is 2.77. The summed E-state index contributed by atoms with van der Waals surface area (Å²) in [6.45, 7) is 2.73. The maximum Gasteiger partial charge on any atom is 0.139 e. The number of aryl methyl sites for hydroxylation is 1. The first kappa shape index (κ1) is 11.3. The summed E-state index contributed by atoms with van der Waals surface area (Å²) in [4.78, 5) is 10.6. The van der Waals surface area contributed by atoms with Crippen molar-refractivity contribution in [1.29, 1.82) is 5.26 Å². The van der Waals surface area contributed by atoms with E-state index in [4.69, 9.17) is 5.26 Å². The maximum absolute atomic E-state index is 8.62. The molecule has 0 aliphatic carbocycles. The summed E-state index contributed by atoms with van der Waals surface area (Å²) in [5, 5.41) is 9.69. The number of nitrogens with zero attached hydrogens (tertiary/aromatic N) is 4. The molecule has 0 fully saturated rings. The fraction of sp³-hybridized carbons (Fsp3) is 0.308. The smallest absolute Gasteiger partial charge is 0.139 e. The topological polar surface area (TPSA) is 52.8 Å². The highest BCUT2D eigenvalue weighted by atomic mass is 15.2. The first-order chi connectivity index (χ1) is 8.24. The van der Waals surface area contributed by atoms with Gasteiger partial charge in [0.05, 0.1) is 18.0 Å². The highest BCUT2D eigenvalue weighted by Gasteiger charge is 2.09. The molecule has 0 atom stereocenters. The minimum Gasteiger partial charge on any atom is -0.358 e. The van der Waals surface area contributed by atoms with Crippen LogP contribution in [0.1, 0.15) is 12.0 Å². The molecule has 86 valence electrons. The second kappa shape index (κ2) is 4.79. The molecule has 0 unspecified atom stereocenters. The first-order valence-corrected chi connectivity index (χ1v) is 5.52. The molecule has 2 rings (SSSR count). The van der Waals surface area contributed by atoms with Crippen molar-refractivity contribution in [2.75, 3.05) is 18.5 Å². The van der Waals surface area contributed by atoms with E-state index in [0.29, 0.717) is 13.0 Å². The van der Waals surface area contributed by atoms with Gasteiger partial charge in [0, 0.05) is 19.0 Å². The minimum atomic E-state index is 0.494. The van der Waals surface area contributed by atoms with Crippen molar-refractivity contribution >= 4 is 16.7 Å². The molecule has 0 radical (unpaired) electrons. The van der Waals surface area contributed by atoms with E-state index in [1.165, 1.54) is 0 Å². The van der Waals surface area contributed by atoms with Crippen LogP contribution in [0.4, 0.5) is 5.82 Å². The van der Waals surface area contributed by atoms with Gasteiger partial charge in [-0.1, -0.05) is 12.1 Å². The molecule has 4 nitrogen and oxygen atoms in total. The largest absolute Gasteiger partial charge is 0.358 e. The van der Waals surface area contributed by atoms with Gasteiger partial charge in [-0.25, -0.2) is 9.97 Å². The van der Waals surface area contributed by atoms with Crippen LogP contribution >= 0.6 is 0 Å². The molecular weight excluding hydrogens is 212 g/mol. The number of nitriles is 1. The summed E-state index contributed by atoms with van der Waals surface area (Å²) < 4.78 is 0. The molecule has 0 N–H and O–H groups in total. The third-order valence-electron chi connectivity index (χ3n) is 2.77. The van der Waals surface area contributed by atoms with Crippen molar-refractivity contribution < 1.29 is 0 Å². The number of hydrogen-bond donors (Lipinski definition) is 0. The number of rotatable bonds is 3. The monoisotopic (exact) mass is 226 g/mol. The molecule has 0 saturated carbocycles. The van der Waals surface area contributed by atoms with Crippen LogP contribution in [0.15, 0.2) is 24.5 Å². The van der Waals surface area contributed by atoms with E-state index in [-0.39, 0.29) is 0 Å². The quantitative estimate of drug-likeness (QED) is 0.805. The van der Waals surface area contributed by atoms with Gasteiger partial charge in [0.25, 0.3) is 0 Å². The number of fused-ring (bicyclic) bond motifs is 1. The van der Waals surface area contributed by atoms with Crippen molar-refractivity contribution in [2.45, 2.75) is 13.3 Å². The highest BCUT2D eigenvalue weighted by Crippen LogP contribution is 2.25. The Morgan fingerprint density at radius 1 is 1.35 bits per heavy atom. The van der Waals surface area contributed by atoms with E-state index in [0.717, 1.165) is 22.3 Å². The summed E-state index contributed by atoms with van der Waals surface area (Å²) >= 11 is 0. The lowest BCUT2D eigenvalue weighted by Crippen LogP contribution is -2.20. The Bertz CT molecular complexity index is 566. The Morgan fingerprint density at radius 2 is 2.18 bits per heavy atom. The van der Waals surface area contributed by atoms with Crippen LogP contribution in [0.3, 0.4) is 0 Å². The fourth-order valence-electron chi connectivity index (χ4n) is 1.87. The van der Waals surface area contributed by atoms with Gasteiger partial charge in [-0.05, 0) is 18.6 Å². The van der Waals surface area contributed by atoms with Gasteiger partial charge in [0.1, 0.15) is 12.1 Å². The molecular formula is C13H14N4. The predicted molar refractivity (Wildman–Crippen MR) is 67.8 cm³/mol. The van der Waals surface area contributed by atoms with Crippen molar-refractivity contribution in [2.24, 2.45) is 0 Å². The van der Waals surface area contributed by atoms with Crippen LogP contribution in [0.25, 0.3) is 10.9 Å². The van der Waals surface area contributed by atoms with Crippen molar-refractivity contribution in [1.82, 2.24) is 9.97 Å². The van der Waals surface area contributed by atoms with E-state index in [1.54, 1.807) is 6.33 Å². The Labute approximate surface area is 101 Å². The number of benzene rings is 1. The first-order valence-electron chi connectivity index (χ1n) is 5.52. The minimum absolute atomic E-state index is 0.494. The lowest BCUT2D eigenvalue weighted by Gasteiger charge is -2.18. The van der Waals surface area contributed by atoms with Crippen LogP contribution in [-0.4, -0.2) is 23.6 Å². The van der Waals surface area contributed by atoms with E-state index in [2.05, 4.69) is 16.0 Å².